The number of hydrogen-bond donors (Lipinski definition) is 2. The molecule has 0 spiro atoms. The van der Waals surface area contributed by atoms with Crippen LogP contribution in [0.2, 0.25) is 0 Å². The molecule has 34 heavy (non-hydrogen) atoms. The average Bonchev–Trinajstić information content (AvgIpc) is 2.87. The summed E-state index contributed by atoms with van der Waals surface area (Å²) in [4.78, 5) is 26.6. The molecule has 0 aromatic heterocycles. The van der Waals surface area contributed by atoms with Crippen molar-refractivity contribution in [2.75, 3.05) is 18.0 Å². The number of anilines is 1. The Balaban J connectivity index is 1.82. The molecule has 1 aliphatic rings. The molecule has 1 aliphatic heterocycles. The van der Waals surface area contributed by atoms with Crippen LogP contribution < -0.4 is 10.6 Å². The van der Waals surface area contributed by atoms with Gasteiger partial charge in [0.25, 0.3) is 0 Å². The number of nitrogens with two attached hydrogens (primary N) is 1. The molecule has 3 aromatic rings. The SMILES string of the molecule is NC(=O)C(C(=CCc1ccccc1)c1ccccc1N1CCCCC1)c1ccc(C(=O)O)cc1. The van der Waals surface area contributed by atoms with E-state index in [0.717, 1.165) is 48.3 Å². The van der Waals surface area contributed by atoms with Gasteiger partial charge in [0.15, 0.2) is 0 Å². The number of rotatable bonds is 8. The molecular weight excluding hydrogens is 424 g/mol. The summed E-state index contributed by atoms with van der Waals surface area (Å²) >= 11 is 0. The number of nitrogens with zero attached hydrogens (tertiary/aromatic N) is 1. The van der Waals surface area contributed by atoms with Gasteiger partial charge in [0, 0.05) is 24.3 Å². The zero-order chi connectivity index (χ0) is 23.9. The number of carbonyl (C=O) groups is 2. The first-order valence-electron chi connectivity index (χ1n) is 11.8. The second-order valence-electron chi connectivity index (χ2n) is 8.68. The van der Waals surface area contributed by atoms with E-state index in [1.165, 1.54) is 18.6 Å². The van der Waals surface area contributed by atoms with Crippen LogP contribution in [0.5, 0.6) is 0 Å². The number of amides is 1. The van der Waals surface area contributed by atoms with Crippen LogP contribution in [0.1, 0.15) is 52.2 Å². The second kappa shape index (κ2) is 10.8. The molecule has 1 amide bonds. The van der Waals surface area contributed by atoms with Gasteiger partial charge in [-0.3, -0.25) is 4.79 Å². The van der Waals surface area contributed by atoms with E-state index in [1.807, 2.05) is 30.3 Å². The van der Waals surface area contributed by atoms with Crippen LogP contribution in [0.15, 0.2) is 84.9 Å². The molecule has 1 fully saturated rings. The van der Waals surface area contributed by atoms with Crippen molar-refractivity contribution in [1.29, 1.82) is 0 Å². The Labute approximate surface area is 200 Å². The number of hydrogen-bond acceptors (Lipinski definition) is 3. The highest BCUT2D eigenvalue weighted by atomic mass is 16.4. The van der Waals surface area contributed by atoms with Gasteiger partial charge in [-0.25, -0.2) is 4.79 Å². The van der Waals surface area contributed by atoms with E-state index in [0.29, 0.717) is 12.0 Å². The van der Waals surface area contributed by atoms with Crippen molar-refractivity contribution in [2.24, 2.45) is 5.73 Å². The van der Waals surface area contributed by atoms with Crippen molar-refractivity contribution >= 4 is 23.1 Å². The van der Waals surface area contributed by atoms with Crippen molar-refractivity contribution in [3.63, 3.8) is 0 Å². The maximum absolute atomic E-state index is 12.9. The summed E-state index contributed by atoms with van der Waals surface area (Å²) in [6.07, 6.45) is 6.27. The number of benzene rings is 3. The Kier molecular flexibility index (Phi) is 7.43. The summed E-state index contributed by atoms with van der Waals surface area (Å²) in [5.74, 6) is -2.16. The van der Waals surface area contributed by atoms with Gasteiger partial charge in [-0.05, 0) is 60.6 Å². The quantitative estimate of drug-likeness (QED) is 0.486. The maximum atomic E-state index is 12.9. The molecule has 1 unspecified atom stereocenters. The highest BCUT2D eigenvalue weighted by molar-refractivity contribution is 5.99. The zero-order valence-electron chi connectivity index (χ0n) is 19.2. The minimum atomic E-state index is -1.00. The minimum absolute atomic E-state index is 0.176. The highest BCUT2D eigenvalue weighted by Crippen LogP contribution is 2.38. The molecule has 0 radical (unpaired) electrons. The Hall–Kier alpha value is -3.86. The normalized spacial score (nSPS) is 15.1. The van der Waals surface area contributed by atoms with Gasteiger partial charge in [-0.2, -0.15) is 0 Å². The van der Waals surface area contributed by atoms with Crippen molar-refractivity contribution < 1.29 is 14.7 Å². The van der Waals surface area contributed by atoms with Gasteiger partial charge in [0.2, 0.25) is 5.91 Å². The van der Waals surface area contributed by atoms with E-state index in [9.17, 15) is 14.7 Å². The molecule has 1 heterocycles. The maximum Gasteiger partial charge on any atom is 0.335 e. The van der Waals surface area contributed by atoms with E-state index in [4.69, 9.17) is 5.73 Å². The van der Waals surface area contributed by atoms with Gasteiger partial charge < -0.3 is 15.7 Å². The first kappa shape index (κ1) is 23.3. The number of carboxylic acid groups (broad SMARTS) is 1. The van der Waals surface area contributed by atoms with Crippen LogP contribution in [0.3, 0.4) is 0 Å². The fourth-order valence-electron chi connectivity index (χ4n) is 4.67. The van der Waals surface area contributed by atoms with Crippen LogP contribution in [0, 0.1) is 0 Å². The molecule has 3 N–H and O–H groups in total. The number of carbonyl (C=O) groups excluding carboxylic acids is 1. The molecule has 3 aromatic carbocycles. The lowest BCUT2D eigenvalue weighted by atomic mass is 9.83. The molecule has 1 atom stereocenters. The lowest BCUT2D eigenvalue weighted by molar-refractivity contribution is -0.118. The number of primary amides is 1. The Morgan fingerprint density at radius 3 is 2.18 bits per heavy atom. The van der Waals surface area contributed by atoms with Crippen LogP contribution >= 0.6 is 0 Å². The topological polar surface area (TPSA) is 83.6 Å². The molecular formula is C29H30N2O3. The summed E-state index contributed by atoms with van der Waals surface area (Å²) in [5, 5.41) is 9.29. The third kappa shape index (κ3) is 5.37. The van der Waals surface area contributed by atoms with E-state index in [2.05, 4.69) is 35.2 Å². The highest BCUT2D eigenvalue weighted by Gasteiger charge is 2.27. The van der Waals surface area contributed by atoms with Crippen LogP contribution in [0.25, 0.3) is 5.57 Å². The lowest BCUT2D eigenvalue weighted by Gasteiger charge is -2.32. The third-order valence-corrected chi connectivity index (χ3v) is 6.40. The number of allylic oxidation sites excluding steroid dienone is 1. The molecule has 0 aliphatic carbocycles. The summed E-state index contributed by atoms with van der Waals surface area (Å²) in [6.45, 7) is 1.97. The first-order valence-corrected chi connectivity index (χ1v) is 11.8. The molecule has 0 bridgehead atoms. The Morgan fingerprint density at radius 1 is 0.882 bits per heavy atom. The van der Waals surface area contributed by atoms with Crippen molar-refractivity contribution in [3.05, 3.63) is 107 Å². The zero-order valence-corrected chi connectivity index (χ0v) is 19.2. The fourth-order valence-corrected chi connectivity index (χ4v) is 4.67. The van der Waals surface area contributed by atoms with Crippen molar-refractivity contribution in [1.82, 2.24) is 0 Å². The third-order valence-electron chi connectivity index (χ3n) is 6.40. The lowest BCUT2D eigenvalue weighted by Crippen LogP contribution is -2.31. The first-order chi connectivity index (χ1) is 16.5. The molecule has 174 valence electrons. The summed E-state index contributed by atoms with van der Waals surface area (Å²) in [7, 11) is 0. The largest absolute Gasteiger partial charge is 0.478 e. The molecule has 0 saturated carbocycles. The van der Waals surface area contributed by atoms with Crippen LogP contribution in [-0.4, -0.2) is 30.1 Å². The van der Waals surface area contributed by atoms with Gasteiger partial charge in [0.1, 0.15) is 0 Å². The summed E-state index contributed by atoms with van der Waals surface area (Å²) in [5.41, 5.74) is 10.9. The van der Waals surface area contributed by atoms with E-state index in [1.54, 1.807) is 12.1 Å². The monoisotopic (exact) mass is 454 g/mol. The fraction of sp³-hybridized carbons (Fsp3) is 0.241. The average molecular weight is 455 g/mol. The number of carboxylic acids is 1. The Morgan fingerprint density at radius 2 is 1.53 bits per heavy atom. The van der Waals surface area contributed by atoms with E-state index in [-0.39, 0.29) is 5.56 Å². The standard InChI is InChI=1S/C29H30N2O3/c30-28(32)27(22-14-16-23(17-15-22)29(33)34)25(18-13-21-9-3-1-4-10-21)24-11-5-6-12-26(24)31-19-7-2-8-20-31/h1,3-6,9-12,14-18,27H,2,7-8,13,19-20H2,(H2,30,32)(H,33,34). The van der Waals surface area contributed by atoms with Gasteiger partial charge in [-0.1, -0.05) is 66.7 Å². The predicted octanol–water partition coefficient (Wildman–Crippen LogP) is 5.27. The van der Waals surface area contributed by atoms with E-state index < -0.39 is 17.8 Å². The van der Waals surface area contributed by atoms with Gasteiger partial charge in [0.05, 0.1) is 11.5 Å². The molecule has 5 nitrogen and oxygen atoms in total. The smallest absolute Gasteiger partial charge is 0.335 e. The van der Waals surface area contributed by atoms with E-state index >= 15 is 0 Å². The van der Waals surface area contributed by atoms with Crippen molar-refractivity contribution in [2.45, 2.75) is 31.6 Å². The Bertz CT molecular complexity index is 1160. The van der Waals surface area contributed by atoms with Crippen LogP contribution in [-0.2, 0) is 11.2 Å². The molecule has 4 rings (SSSR count). The van der Waals surface area contributed by atoms with Gasteiger partial charge in [-0.15, -0.1) is 0 Å². The summed E-state index contributed by atoms with van der Waals surface area (Å²) in [6, 6.07) is 24.7. The van der Waals surface area contributed by atoms with Crippen molar-refractivity contribution in [3.8, 4) is 0 Å². The number of piperidine rings is 1. The number of para-hydroxylation sites is 1. The minimum Gasteiger partial charge on any atom is -0.478 e. The number of aromatic carboxylic acids is 1. The van der Waals surface area contributed by atoms with Crippen LogP contribution in [0.4, 0.5) is 5.69 Å². The van der Waals surface area contributed by atoms with Gasteiger partial charge >= 0.3 is 5.97 Å². The molecule has 1 saturated heterocycles. The predicted molar refractivity (Wildman–Crippen MR) is 136 cm³/mol. The summed E-state index contributed by atoms with van der Waals surface area (Å²) < 4.78 is 0. The second-order valence-corrected chi connectivity index (χ2v) is 8.68. The molecule has 5 heteroatoms.